The molecular weight excluding hydrogens is 224 g/mol. The van der Waals surface area contributed by atoms with Crippen LogP contribution in [-0.4, -0.2) is 37.4 Å². The van der Waals surface area contributed by atoms with E-state index in [0.717, 1.165) is 19.6 Å². The van der Waals surface area contributed by atoms with Crippen molar-refractivity contribution in [3.05, 3.63) is 0 Å². The Bertz CT molecular complexity index is 263. The average Bonchev–Trinajstić information content (AvgIpc) is 2.71. The van der Waals surface area contributed by atoms with Crippen LogP contribution in [0.3, 0.4) is 0 Å². The second-order valence-electron chi connectivity index (χ2n) is 6.45. The predicted octanol–water partition coefficient (Wildman–Crippen LogP) is 2.46. The molecule has 1 aliphatic carbocycles. The summed E-state index contributed by atoms with van der Waals surface area (Å²) in [4.78, 5) is 0. The quantitative estimate of drug-likeness (QED) is 0.790. The second kappa shape index (κ2) is 5.89. The summed E-state index contributed by atoms with van der Waals surface area (Å²) in [5.41, 5.74) is 0.577. The Labute approximate surface area is 112 Å². The van der Waals surface area contributed by atoms with Gasteiger partial charge in [-0.1, -0.05) is 19.3 Å². The third kappa shape index (κ3) is 3.06. The molecule has 2 N–H and O–H groups in total. The van der Waals surface area contributed by atoms with E-state index < -0.39 is 0 Å². The molecule has 1 saturated carbocycles. The molecule has 0 spiro atoms. The maximum Gasteiger partial charge on any atom is 0.0726 e. The first-order valence-electron chi connectivity index (χ1n) is 7.66. The van der Waals surface area contributed by atoms with Crippen molar-refractivity contribution >= 4 is 0 Å². The molecule has 2 atom stereocenters. The minimum absolute atomic E-state index is 0.184. The van der Waals surface area contributed by atoms with Crippen LogP contribution in [-0.2, 0) is 4.74 Å². The zero-order valence-corrected chi connectivity index (χ0v) is 12.3. The molecule has 0 bridgehead atoms. The Balaban J connectivity index is 1.80. The third-order valence-electron chi connectivity index (χ3n) is 5.36. The van der Waals surface area contributed by atoms with Crippen molar-refractivity contribution in [2.24, 2.45) is 0 Å². The predicted molar refractivity (Wildman–Crippen MR) is 75.9 cm³/mol. The van der Waals surface area contributed by atoms with Gasteiger partial charge in [0.05, 0.1) is 6.10 Å². The lowest BCUT2D eigenvalue weighted by atomic mass is 9.79. The standard InChI is InChI=1S/C15H30N2O/c1-13-14(2,10-12-18-13)17-11-9-15(16-3)7-5-4-6-8-15/h13,16-17H,4-12H2,1-3H3. The molecule has 2 rings (SSSR count). The number of hydrogen-bond donors (Lipinski definition) is 2. The van der Waals surface area contributed by atoms with Gasteiger partial charge in [0, 0.05) is 17.7 Å². The Morgan fingerprint density at radius 2 is 1.89 bits per heavy atom. The summed E-state index contributed by atoms with van der Waals surface area (Å²) in [6.07, 6.45) is 9.60. The van der Waals surface area contributed by atoms with E-state index >= 15 is 0 Å². The van der Waals surface area contributed by atoms with Crippen molar-refractivity contribution in [3.63, 3.8) is 0 Å². The number of ether oxygens (including phenoxy) is 1. The first-order valence-corrected chi connectivity index (χ1v) is 7.66. The summed E-state index contributed by atoms with van der Waals surface area (Å²) in [6, 6.07) is 0. The number of nitrogens with one attached hydrogen (secondary N) is 2. The minimum atomic E-state index is 0.184. The van der Waals surface area contributed by atoms with Gasteiger partial charge >= 0.3 is 0 Å². The fraction of sp³-hybridized carbons (Fsp3) is 1.00. The Hall–Kier alpha value is -0.120. The van der Waals surface area contributed by atoms with Gasteiger partial charge in [-0.3, -0.25) is 0 Å². The van der Waals surface area contributed by atoms with Crippen LogP contribution in [0, 0.1) is 0 Å². The molecule has 0 aromatic carbocycles. The molecule has 3 nitrogen and oxygen atoms in total. The van der Waals surface area contributed by atoms with Gasteiger partial charge in [0.2, 0.25) is 0 Å². The summed E-state index contributed by atoms with van der Waals surface area (Å²) < 4.78 is 5.68. The normalized spacial score (nSPS) is 35.8. The largest absolute Gasteiger partial charge is 0.377 e. The highest BCUT2D eigenvalue weighted by atomic mass is 16.5. The van der Waals surface area contributed by atoms with E-state index in [9.17, 15) is 0 Å². The van der Waals surface area contributed by atoms with Crippen molar-refractivity contribution < 1.29 is 4.74 Å². The van der Waals surface area contributed by atoms with Gasteiger partial charge in [-0.15, -0.1) is 0 Å². The van der Waals surface area contributed by atoms with Gasteiger partial charge in [0.15, 0.2) is 0 Å². The van der Waals surface area contributed by atoms with Crippen LogP contribution < -0.4 is 10.6 Å². The summed E-state index contributed by atoms with van der Waals surface area (Å²) in [6.45, 7) is 6.50. The van der Waals surface area contributed by atoms with Gasteiger partial charge in [-0.25, -0.2) is 0 Å². The van der Waals surface area contributed by atoms with Gasteiger partial charge in [-0.2, -0.15) is 0 Å². The molecule has 2 fully saturated rings. The molecule has 2 aliphatic rings. The fourth-order valence-electron chi connectivity index (χ4n) is 3.51. The monoisotopic (exact) mass is 254 g/mol. The van der Waals surface area contributed by atoms with E-state index in [1.807, 2.05) is 0 Å². The first kappa shape index (κ1) is 14.3. The van der Waals surface area contributed by atoms with Gasteiger partial charge in [-0.05, 0) is 53.1 Å². The molecule has 3 heteroatoms. The van der Waals surface area contributed by atoms with Crippen LogP contribution >= 0.6 is 0 Å². The zero-order valence-electron chi connectivity index (χ0n) is 12.3. The third-order valence-corrected chi connectivity index (χ3v) is 5.36. The smallest absolute Gasteiger partial charge is 0.0726 e. The van der Waals surface area contributed by atoms with Crippen molar-refractivity contribution in [2.45, 2.75) is 76.0 Å². The van der Waals surface area contributed by atoms with E-state index in [2.05, 4.69) is 31.5 Å². The second-order valence-corrected chi connectivity index (χ2v) is 6.45. The highest BCUT2D eigenvalue weighted by Crippen LogP contribution is 2.31. The van der Waals surface area contributed by atoms with Crippen LogP contribution in [0.5, 0.6) is 0 Å². The SMILES string of the molecule is CNC1(CCNC2(C)CCOC2C)CCCCC1. The van der Waals surface area contributed by atoms with Gasteiger partial charge < -0.3 is 15.4 Å². The Morgan fingerprint density at radius 3 is 2.44 bits per heavy atom. The molecule has 0 aromatic heterocycles. The molecule has 1 heterocycles. The van der Waals surface area contributed by atoms with Crippen molar-refractivity contribution in [2.75, 3.05) is 20.2 Å². The highest BCUT2D eigenvalue weighted by molar-refractivity contribution is 4.96. The molecule has 0 aromatic rings. The lowest BCUT2D eigenvalue weighted by Gasteiger charge is -2.39. The van der Waals surface area contributed by atoms with Crippen LogP contribution in [0.1, 0.15) is 58.8 Å². The average molecular weight is 254 g/mol. The number of rotatable bonds is 5. The van der Waals surface area contributed by atoms with Crippen molar-refractivity contribution in [1.82, 2.24) is 10.6 Å². The summed E-state index contributed by atoms with van der Waals surface area (Å²) >= 11 is 0. The summed E-state index contributed by atoms with van der Waals surface area (Å²) in [5, 5.41) is 7.34. The van der Waals surface area contributed by atoms with E-state index in [1.54, 1.807) is 0 Å². The van der Waals surface area contributed by atoms with Crippen molar-refractivity contribution in [3.8, 4) is 0 Å². The maximum absolute atomic E-state index is 5.68. The van der Waals surface area contributed by atoms with Crippen LogP contribution in [0.4, 0.5) is 0 Å². The molecular formula is C15H30N2O. The molecule has 0 radical (unpaired) electrons. The minimum Gasteiger partial charge on any atom is -0.377 e. The van der Waals surface area contributed by atoms with E-state index in [0.29, 0.717) is 11.6 Å². The fourth-order valence-corrected chi connectivity index (χ4v) is 3.51. The highest BCUT2D eigenvalue weighted by Gasteiger charge is 2.37. The van der Waals surface area contributed by atoms with Gasteiger partial charge in [0.1, 0.15) is 0 Å². The molecule has 1 saturated heterocycles. The zero-order chi connectivity index (χ0) is 13.1. The van der Waals surface area contributed by atoms with E-state index in [4.69, 9.17) is 4.74 Å². The topological polar surface area (TPSA) is 33.3 Å². The Morgan fingerprint density at radius 1 is 1.17 bits per heavy atom. The summed E-state index contributed by atoms with van der Waals surface area (Å²) in [5.74, 6) is 0. The van der Waals surface area contributed by atoms with Crippen molar-refractivity contribution in [1.29, 1.82) is 0 Å². The van der Waals surface area contributed by atoms with E-state index in [-0.39, 0.29) is 5.54 Å². The molecule has 18 heavy (non-hydrogen) atoms. The van der Waals surface area contributed by atoms with Crippen LogP contribution in [0.15, 0.2) is 0 Å². The lowest BCUT2D eigenvalue weighted by molar-refractivity contribution is 0.0869. The molecule has 2 unspecified atom stereocenters. The summed E-state index contributed by atoms with van der Waals surface area (Å²) in [7, 11) is 2.13. The van der Waals surface area contributed by atoms with E-state index in [1.165, 1.54) is 38.5 Å². The molecule has 106 valence electrons. The lowest BCUT2D eigenvalue weighted by Crippen LogP contribution is -2.52. The molecule has 1 aliphatic heterocycles. The van der Waals surface area contributed by atoms with Crippen LogP contribution in [0.2, 0.25) is 0 Å². The number of hydrogen-bond acceptors (Lipinski definition) is 3. The Kier molecular flexibility index (Phi) is 4.68. The first-order chi connectivity index (χ1) is 8.60. The van der Waals surface area contributed by atoms with Crippen LogP contribution in [0.25, 0.3) is 0 Å². The molecule has 0 amide bonds. The van der Waals surface area contributed by atoms with Gasteiger partial charge in [0.25, 0.3) is 0 Å². The maximum atomic E-state index is 5.68.